The van der Waals surface area contributed by atoms with Crippen molar-refractivity contribution >= 4 is 52.6 Å². The molecule has 2 atom stereocenters. The molecule has 0 aliphatic rings. The minimum absolute atomic E-state index is 0.000504. The van der Waals surface area contributed by atoms with Gasteiger partial charge in [-0.25, -0.2) is 25.2 Å². The van der Waals surface area contributed by atoms with Gasteiger partial charge in [-0.05, 0) is 72.1 Å². The number of benzene rings is 1. The summed E-state index contributed by atoms with van der Waals surface area (Å²) in [5, 5.41) is 3.44. The number of esters is 1. The Morgan fingerprint density at radius 2 is 1.66 bits per heavy atom. The topological polar surface area (TPSA) is 221 Å². The van der Waals surface area contributed by atoms with E-state index in [0.717, 1.165) is 5.56 Å². The number of amidine groups is 1. The number of ether oxygens (including phenoxy) is 5. The van der Waals surface area contributed by atoms with Crippen molar-refractivity contribution in [3.63, 3.8) is 0 Å². The lowest BCUT2D eigenvalue weighted by Crippen LogP contribution is -2.59. The van der Waals surface area contributed by atoms with Gasteiger partial charge in [0.15, 0.2) is 22.8 Å². The van der Waals surface area contributed by atoms with E-state index in [1.807, 2.05) is 30.3 Å². The second-order valence-corrected chi connectivity index (χ2v) is 13.3. The van der Waals surface area contributed by atoms with Crippen LogP contribution in [0.1, 0.15) is 60.5 Å². The van der Waals surface area contributed by atoms with Gasteiger partial charge in [0.1, 0.15) is 11.2 Å². The van der Waals surface area contributed by atoms with Crippen molar-refractivity contribution in [2.24, 2.45) is 16.8 Å². The number of carbonyl (C=O) groups excluding carboxylic acids is 3. The molecule has 0 bridgehead atoms. The van der Waals surface area contributed by atoms with Gasteiger partial charge < -0.3 is 39.5 Å². The molecular formula is C32H46ClN9O8. The zero-order valence-corrected chi connectivity index (χ0v) is 30.3. The molecule has 0 spiro atoms. The van der Waals surface area contributed by atoms with Crippen LogP contribution in [0.3, 0.4) is 0 Å². The van der Waals surface area contributed by atoms with E-state index in [0.29, 0.717) is 11.3 Å². The number of amides is 2. The molecule has 2 unspecified atom stereocenters. The quantitative estimate of drug-likeness (QED) is 0.0434. The Kier molecular flexibility index (Phi) is 13.5. The highest BCUT2D eigenvalue weighted by Crippen LogP contribution is 2.29. The molecule has 0 saturated heterocycles. The smallest absolute Gasteiger partial charge is 0.425 e. The highest BCUT2D eigenvalue weighted by molar-refractivity contribution is 6.29. The Morgan fingerprint density at radius 3 is 2.18 bits per heavy atom. The monoisotopic (exact) mass is 719 g/mol. The number of rotatable bonds is 13. The molecule has 1 aromatic carbocycles. The molecule has 0 aliphatic heterocycles. The van der Waals surface area contributed by atoms with Crippen molar-refractivity contribution in [2.75, 3.05) is 25.2 Å². The zero-order chi connectivity index (χ0) is 37.3. The summed E-state index contributed by atoms with van der Waals surface area (Å²) in [6.07, 6.45) is -0.935. The number of aryl methyl sites for hydroxylation is 1. The molecule has 2 heterocycles. The summed E-state index contributed by atoms with van der Waals surface area (Å²) in [5.41, 5.74) is -0.332. The molecule has 2 amide bonds. The molecule has 18 heteroatoms. The highest BCUT2D eigenvalue weighted by Gasteiger charge is 2.48. The Bertz CT molecular complexity index is 1630. The average Bonchev–Trinajstić information content (AvgIpc) is 3.43. The van der Waals surface area contributed by atoms with Crippen LogP contribution < -0.4 is 22.0 Å². The molecule has 5 N–H and O–H groups in total. The second kappa shape index (κ2) is 16.9. The second-order valence-electron chi connectivity index (χ2n) is 13.0. The number of nitrogens with one attached hydrogen (secondary N) is 1. The molecule has 3 aromatic rings. The van der Waals surface area contributed by atoms with Crippen molar-refractivity contribution < 1.29 is 38.1 Å². The molecule has 0 saturated carbocycles. The first-order chi connectivity index (χ1) is 23.5. The van der Waals surface area contributed by atoms with Crippen LogP contribution in [0.4, 0.5) is 15.4 Å². The van der Waals surface area contributed by atoms with Gasteiger partial charge in [0.25, 0.3) is 0 Å². The van der Waals surface area contributed by atoms with Crippen LogP contribution >= 0.6 is 11.6 Å². The molecule has 2 aromatic heterocycles. The lowest BCUT2D eigenvalue weighted by molar-refractivity contribution is -0.166. The van der Waals surface area contributed by atoms with Crippen LogP contribution in [0.25, 0.3) is 11.2 Å². The van der Waals surface area contributed by atoms with E-state index in [9.17, 15) is 14.4 Å². The molecule has 3 rings (SSSR count). The van der Waals surface area contributed by atoms with Crippen LogP contribution in [-0.4, -0.2) is 86.7 Å². The molecule has 274 valence electrons. The number of imidazole rings is 1. The number of nitrogens with two attached hydrogens (primary N) is 2. The average molecular weight is 720 g/mol. The van der Waals surface area contributed by atoms with E-state index in [-0.39, 0.29) is 54.3 Å². The molecule has 17 nitrogen and oxygen atoms in total. The van der Waals surface area contributed by atoms with Crippen LogP contribution in [0.2, 0.25) is 5.28 Å². The summed E-state index contributed by atoms with van der Waals surface area (Å²) in [7, 11) is 1.49. The van der Waals surface area contributed by atoms with E-state index in [2.05, 4.69) is 25.5 Å². The SMILES string of the molecule is CCOC(=O)C(Cc1ccccc1)(OCC(CCn1cnc2c(N(C(=O)OC(C)(C)C)C(=O)OC(C)(C)C)nc(Cl)nc21)OC)/C(=N/N)NN. The molecule has 50 heavy (non-hydrogen) atoms. The predicted molar refractivity (Wildman–Crippen MR) is 185 cm³/mol. The predicted octanol–water partition coefficient (Wildman–Crippen LogP) is 3.86. The maximum Gasteiger partial charge on any atom is 0.425 e. The lowest BCUT2D eigenvalue weighted by atomic mass is 9.92. The van der Waals surface area contributed by atoms with Gasteiger partial charge in [0, 0.05) is 20.1 Å². The van der Waals surface area contributed by atoms with E-state index in [1.165, 1.54) is 13.4 Å². The number of nitrogens with zero attached hydrogens (tertiary/aromatic N) is 6. The highest BCUT2D eigenvalue weighted by atomic mass is 35.5. The first-order valence-corrected chi connectivity index (χ1v) is 16.1. The van der Waals surface area contributed by atoms with Gasteiger partial charge in [-0.15, -0.1) is 0 Å². The fourth-order valence-electron chi connectivity index (χ4n) is 4.69. The number of hydrogen-bond acceptors (Lipinski definition) is 14. The Morgan fingerprint density at radius 1 is 1.04 bits per heavy atom. The number of fused-ring (bicyclic) bond motifs is 1. The molecule has 0 fully saturated rings. The number of anilines is 1. The van der Waals surface area contributed by atoms with Crippen molar-refractivity contribution in [3.05, 3.63) is 47.5 Å². The van der Waals surface area contributed by atoms with Crippen molar-refractivity contribution in [1.29, 1.82) is 0 Å². The van der Waals surface area contributed by atoms with Gasteiger partial charge in [-0.3, -0.25) is 0 Å². The lowest BCUT2D eigenvalue weighted by Gasteiger charge is -2.33. The van der Waals surface area contributed by atoms with Crippen LogP contribution in [0, 0.1) is 0 Å². The van der Waals surface area contributed by atoms with Gasteiger partial charge in [-0.1, -0.05) is 30.3 Å². The van der Waals surface area contributed by atoms with Crippen LogP contribution in [0.15, 0.2) is 41.8 Å². The maximum atomic E-state index is 13.5. The summed E-state index contributed by atoms with van der Waals surface area (Å²) >= 11 is 6.32. The third-order valence-electron chi connectivity index (χ3n) is 6.87. The zero-order valence-electron chi connectivity index (χ0n) is 29.6. The minimum Gasteiger partial charge on any atom is -0.463 e. The fraction of sp³-hybridized carbons (Fsp3) is 0.531. The Labute approximate surface area is 295 Å². The van der Waals surface area contributed by atoms with E-state index < -0.39 is 41.1 Å². The number of aromatic nitrogens is 4. The molecular weight excluding hydrogens is 674 g/mol. The minimum atomic E-state index is -1.83. The Balaban J connectivity index is 1.94. The van der Waals surface area contributed by atoms with Gasteiger partial charge in [0.2, 0.25) is 10.9 Å². The standard InChI is InChI=1S/C32H46ClN9O8/c1-9-47-26(43)32(25(39-34)40-35,17-20-13-11-10-12-14-20)48-18-21(46-8)15-16-41-19-36-22-23(41)37-27(33)38-24(22)42(28(44)49-30(2,3)4)29(45)50-31(5,6)7/h10-14,19,21H,9,15-18,34-35H2,1-8H3,(H,39,40). The fourth-order valence-corrected chi connectivity index (χ4v) is 4.85. The summed E-state index contributed by atoms with van der Waals surface area (Å²) in [4.78, 5) is 53.6. The Hall–Kier alpha value is -4.58. The first kappa shape index (κ1) is 39.9. The summed E-state index contributed by atoms with van der Waals surface area (Å²) in [6, 6.07) is 9.09. The number of carbonyl (C=O) groups is 3. The van der Waals surface area contributed by atoms with Crippen molar-refractivity contribution in [2.45, 2.75) is 90.8 Å². The van der Waals surface area contributed by atoms with Gasteiger partial charge >= 0.3 is 18.2 Å². The summed E-state index contributed by atoms with van der Waals surface area (Å²) in [6.45, 7) is 11.8. The van der Waals surface area contributed by atoms with Gasteiger partial charge in [0.05, 0.1) is 25.6 Å². The number of imide groups is 1. The summed E-state index contributed by atoms with van der Waals surface area (Å²) < 4.78 is 30.0. The molecule has 0 radical (unpaired) electrons. The third kappa shape index (κ3) is 10.2. The maximum absolute atomic E-state index is 13.5. The van der Waals surface area contributed by atoms with E-state index in [4.69, 9.17) is 47.0 Å². The van der Waals surface area contributed by atoms with E-state index in [1.54, 1.807) is 53.0 Å². The number of hydrazine groups is 1. The van der Waals surface area contributed by atoms with Crippen LogP contribution in [0.5, 0.6) is 0 Å². The first-order valence-electron chi connectivity index (χ1n) is 15.8. The number of hydrazone groups is 1. The largest absolute Gasteiger partial charge is 0.463 e. The number of hydrogen-bond donors (Lipinski definition) is 3. The van der Waals surface area contributed by atoms with Crippen molar-refractivity contribution in [3.8, 4) is 0 Å². The normalized spacial score (nSPS) is 14.1. The molecule has 0 aliphatic carbocycles. The van der Waals surface area contributed by atoms with E-state index >= 15 is 0 Å². The van der Waals surface area contributed by atoms with Gasteiger partial charge in [-0.2, -0.15) is 20.0 Å². The third-order valence-corrected chi connectivity index (χ3v) is 7.04. The van der Waals surface area contributed by atoms with Crippen LogP contribution in [-0.2, 0) is 41.4 Å². The van der Waals surface area contributed by atoms with Crippen molar-refractivity contribution in [1.82, 2.24) is 24.9 Å². The summed E-state index contributed by atoms with van der Waals surface area (Å²) in [5.74, 6) is 10.3. The number of methoxy groups -OCH3 is 1. The number of halogens is 1.